The van der Waals surface area contributed by atoms with Crippen LogP contribution in [0.1, 0.15) is 11.1 Å². The monoisotopic (exact) mass is 570 g/mol. The van der Waals surface area contributed by atoms with Gasteiger partial charge in [-0.15, -0.1) is 0 Å². The second-order valence-corrected chi connectivity index (χ2v) is 16.1. The van der Waals surface area contributed by atoms with Crippen molar-refractivity contribution in [2.24, 2.45) is 0 Å². The van der Waals surface area contributed by atoms with Crippen molar-refractivity contribution >= 4 is 54.4 Å². The molecule has 0 aliphatic carbocycles. The summed E-state index contributed by atoms with van der Waals surface area (Å²) in [5.74, 6) is 0.211. The Hall–Kier alpha value is -3.60. The van der Waals surface area contributed by atoms with Crippen molar-refractivity contribution < 1.29 is 18.3 Å². The van der Waals surface area contributed by atoms with Crippen molar-refractivity contribution in [1.29, 1.82) is 0 Å². The lowest BCUT2D eigenvalue weighted by Gasteiger charge is -2.16. The van der Waals surface area contributed by atoms with Gasteiger partial charge in [0.25, 0.3) is 5.56 Å². The molecule has 0 saturated carbocycles. The topological polar surface area (TPSA) is 78.3 Å². The molecule has 0 atom stereocenters. The highest BCUT2D eigenvalue weighted by Gasteiger charge is 2.13. The number of hydrogen-bond acceptors (Lipinski definition) is 6. The van der Waals surface area contributed by atoms with Gasteiger partial charge in [0.15, 0.2) is 0 Å². The first-order valence-electron chi connectivity index (χ1n) is 12.3. The Balaban J connectivity index is 1.41. The molecule has 0 saturated heterocycles. The molecular formula is C28H29ClF2N4O3Si. The van der Waals surface area contributed by atoms with Crippen LogP contribution in [0.3, 0.4) is 0 Å². The van der Waals surface area contributed by atoms with E-state index < -0.39 is 14.7 Å². The third-order valence-corrected chi connectivity index (χ3v) is 7.77. The minimum absolute atomic E-state index is 0.0433. The molecule has 0 aliphatic rings. The molecule has 0 radical (unpaired) electrons. The Bertz CT molecular complexity index is 1520. The summed E-state index contributed by atoms with van der Waals surface area (Å²) in [6, 6.07) is 14.6. The zero-order chi connectivity index (χ0) is 28.0. The van der Waals surface area contributed by atoms with Gasteiger partial charge in [-0.05, 0) is 53.4 Å². The van der Waals surface area contributed by atoms with Gasteiger partial charge in [0.1, 0.15) is 12.5 Å². The van der Waals surface area contributed by atoms with E-state index in [-0.39, 0.29) is 23.1 Å². The lowest BCUT2D eigenvalue weighted by Crippen LogP contribution is -2.24. The number of nitrogens with one attached hydrogen (secondary N) is 1. The van der Waals surface area contributed by atoms with Gasteiger partial charge in [-0.25, -0.2) is 9.97 Å². The summed E-state index contributed by atoms with van der Waals surface area (Å²) in [5.41, 5.74) is 2.99. The summed E-state index contributed by atoms with van der Waals surface area (Å²) in [5, 5.41) is 3.95. The highest BCUT2D eigenvalue weighted by atomic mass is 35.5. The van der Waals surface area contributed by atoms with Crippen molar-refractivity contribution in [2.45, 2.75) is 39.0 Å². The van der Waals surface area contributed by atoms with Gasteiger partial charge < -0.3 is 14.8 Å². The van der Waals surface area contributed by atoms with Gasteiger partial charge in [0.2, 0.25) is 5.95 Å². The van der Waals surface area contributed by atoms with Gasteiger partial charge >= 0.3 is 6.61 Å². The molecule has 204 valence electrons. The molecule has 2 aromatic carbocycles. The highest BCUT2D eigenvalue weighted by Crippen LogP contribution is 2.29. The summed E-state index contributed by atoms with van der Waals surface area (Å²) in [4.78, 5) is 21.0. The van der Waals surface area contributed by atoms with Crippen molar-refractivity contribution in [1.82, 2.24) is 14.5 Å². The molecule has 0 aliphatic heterocycles. The zero-order valence-corrected chi connectivity index (χ0v) is 23.6. The molecule has 4 aromatic rings. The van der Waals surface area contributed by atoms with Crippen LogP contribution in [0.5, 0.6) is 5.75 Å². The molecule has 0 fully saturated rings. The number of aromatic nitrogens is 3. The number of ether oxygens (including phenoxy) is 2. The van der Waals surface area contributed by atoms with Crippen LogP contribution in [0.2, 0.25) is 30.7 Å². The van der Waals surface area contributed by atoms with Gasteiger partial charge in [-0.3, -0.25) is 9.36 Å². The lowest BCUT2D eigenvalue weighted by molar-refractivity contribution is -0.0497. The summed E-state index contributed by atoms with van der Waals surface area (Å²) in [6.45, 7) is 4.80. The van der Waals surface area contributed by atoms with E-state index in [1.807, 2.05) is 36.4 Å². The number of pyridine rings is 1. The Morgan fingerprint density at radius 3 is 2.46 bits per heavy atom. The fourth-order valence-corrected chi connectivity index (χ4v) is 4.66. The molecule has 7 nitrogen and oxygen atoms in total. The van der Waals surface area contributed by atoms with E-state index >= 15 is 0 Å². The van der Waals surface area contributed by atoms with E-state index in [0.717, 1.165) is 28.1 Å². The van der Waals surface area contributed by atoms with E-state index in [4.69, 9.17) is 16.3 Å². The maximum atomic E-state index is 12.5. The fraction of sp³-hybridized carbons (Fsp3) is 0.250. The first kappa shape index (κ1) is 28.4. The Labute approximate surface area is 231 Å². The quantitative estimate of drug-likeness (QED) is 0.151. The predicted octanol–water partition coefficient (Wildman–Crippen LogP) is 7.27. The van der Waals surface area contributed by atoms with E-state index in [0.29, 0.717) is 18.2 Å². The predicted molar refractivity (Wildman–Crippen MR) is 155 cm³/mol. The van der Waals surface area contributed by atoms with Crippen LogP contribution in [0.4, 0.5) is 20.4 Å². The first-order valence-corrected chi connectivity index (χ1v) is 16.4. The van der Waals surface area contributed by atoms with Gasteiger partial charge in [-0.1, -0.05) is 49.5 Å². The molecule has 0 spiro atoms. The third-order valence-electron chi connectivity index (χ3n) is 5.77. The van der Waals surface area contributed by atoms with Crippen LogP contribution >= 0.6 is 11.6 Å². The number of hydrogen-bond donors (Lipinski definition) is 1. The summed E-state index contributed by atoms with van der Waals surface area (Å²) in [6.07, 6.45) is 7.12. The molecule has 39 heavy (non-hydrogen) atoms. The van der Waals surface area contributed by atoms with Crippen molar-refractivity contribution in [3.05, 3.63) is 87.4 Å². The number of nitrogens with zero attached hydrogens (tertiary/aromatic N) is 3. The molecule has 2 heterocycles. The van der Waals surface area contributed by atoms with Crippen LogP contribution < -0.4 is 15.6 Å². The highest BCUT2D eigenvalue weighted by molar-refractivity contribution is 6.76. The Morgan fingerprint density at radius 2 is 1.77 bits per heavy atom. The summed E-state index contributed by atoms with van der Waals surface area (Å²) < 4.78 is 36.6. The van der Waals surface area contributed by atoms with Crippen LogP contribution in [0, 0.1) is 0 Å². The second kappa shape index (κ2) is 12.5. The van der Waals surface area contributed by atoms with Gasteiger partial charge in [0.05, 0.1) is 10.5 Å². The standard InChI is InChI=1S/C28H29ClF2N4O3Si/c1-39(2,3)13-12-37-18-35-24-9-6-19(14-21(24)7-11-26(35)36)4-5-20-16-32-28(33-17-20)34-22-8-10-25(23(29)15-22)38-27(30)31/h4-11,14-17,27H,12-13,18H2,1-3H3,(H,32,33,34)/b5-4+. The molecule has 0 bridgehead atoms. The molecule has 4 rings (SSSR count). The average molecular weight is 571 g/mol. The molecular weight excluding hydrogens is 542 g/mol. The number of fused-ring (bicyclic) bond motifs is 1. The number of alkyl halides is 2. The largest absolute Gasteiger partial charge is 0.433 e. The second-order valence-electron chi connectivity index (χ2n) is 10.1. The van der Waals surface area contributed by atoms with Crippen LogP contribution in [-0.4, -0.2) is 35.8 Å². The average Bonchev–Trinajstić information content (AvgIpc) is 2.88. The maximum Gasteiger partial charge on any atom is 0.387 e. The Kier molecular flexibility index (Phi) is 9.11. The van der Waals surface area contributed by atoms with Crippen LogP contribution in [-0.2, 0) is 11.5 Å². The minimum Gasteiger partial charge on any atom is -0.433 e. The number of benzene rings is 2. The van der Waals surface area contributed by atoms with Gasteiger partial charge in [-0.2, -0.15) is 8.78 Å². The number of halogens is 3. The minimum atomic E-state index is -2.95. The SMILES string of the molecule is C[Si](C)(C)CCOCn1c(=O)ccc2cc(/C=C/c3cnc(Nc4ccc(OC(F)F)c(Cl)c4)nc3)ccc21. The van der Waals surface area contributed by atoms with E-state index in [1.165, 1.54) is 12.1 Å². The number of rotatable bonds is 11. The van der Waals surface area contributed by atoms with Crippen molar-refractivity contribution in [3.63, 3.8) is 0 Å². The van der Waals surface area contributed by atoms with E-state index in [2.05, 4.69) is 39.7 Å². The fourth-order valence-electron chi connectivity index (χ4n) is 3.67. The molecule has 0 unspecified atom stereocenters. The summed E-state index contributed by atoms with van der Waals surface area (Å²) >= 11 is 5.99. The third kappa shape index (κ3) is 8.19. The van der Waals surface area contributed by atoms with Crippen molar-refractivity contribution in [3.8, 4) is 5.75 Å². The maximum absolute atomic E-state index is 12.5. The van der Waals surface area contributed by atoms with Crippen molar-refractivity contribution in [2.75, 3.05) is 11.9 Å². The first-order chi connectivity index (χ1) is 18.6. The number of anilines is 2. The molecule has 11 heteroatoms. The smallest absolute Gasteiger partial charge is 0.387 e. The molecule has 0 amide bonds. The van der Waals surface area contributed by atoms with E-state index in [1.54, 1.807) is 29.1 Å². The Morgan fingerprint density at radius 1 is 1.03 bits per heavy atom. The van der Waals surface area contributed by atoms with Crippen LogP contribution in [0.15, 0.2) is 65.7 Å². The van der Waals surface area contributed by atoms with Gasteiger partial charge in [0, 0.05) is 44.4 Å². The molecule has 2 aromatic heterocycles. The normalized spacial score (nSPS) is 12.0. The lowest BCUT2D eigenvalue weighted by atomic mass is 10.1. The molecule has 1 N–H and O–H groups in total. The van der Waals surface area contributed by atoms with Crippen LogP contribution in [0.25, 0.3) is 23.1 Å². The van der Waals surface area contributed by atoms with E-state index in [9.17, 15) is 13.6 Å². The zero-order valence-electron chi connectivity index (χ0n) is 21.8. The summed E-state index contributed by atoms with van der Waals surface area (Å²) in [7, 11) is -1.20.